The number of fused-ring (bicyclic) bond motifs is 1. The monoisotopic (exact) mass is 557 g/mol. The summed E-state index contributed by atoms with van der Waals surface area (Å²) in [4.78, 5) is 28.5. The van der Waals surface area contributed by atoms with Crippen LogP contribution in [0.3, 0.4) is 0 Å². The molecule has 1 saturated carbocycles. The molecule has 0 aliphatic heterocycles. The summed E-state index contributed by atoms with van der Waals surface area (Å²) >= 11 is 0. The van der Waals surface area contributed by atoms with Crippen LogP contribution in [0.5, 0.6) is 0 Å². The highest BCUT2D eigenvalue weighted by atomic mass is 16.6. The molecule has 0 saturated heterocycles. The van der Waals surface area contributed by atoms with Crippen molar-refractivity contribution in [1.29, 1.82) is 10.5 Å². The Morgan fingerprint density at radius 2 is 1.78 bits per heavy atom. The summed E-state index contributed by atoms with van der Waals surface area (Å²) in [6.45, 7) is 14.1. The van der Waals surface area contributed by atoms with Gasteiger partial charge in [-0.15, -0.1) is 0 Å². The molecule has 9 nitrogen and oxygen atoms in total. The second kappa shape index (κ2) is 14.9. The van der Waals surface area contributed by atoms with Gasteiger partial charge in [-0.2, -0.15) is 10.5 Å². The number of oxime groups is 1. The molecule has 3 heterocycles. The van der Waals surface area contributed by atoms with Crippen molar-refractivity contribution in [3.05, 3.63) is 63.3 Å². The van der Waals surface area contributed by atoms with E-state index in [4.69, 9.17) is 4.84 Å². The zero-order valence-corrected chi connectivity index (χ0v) is 25.9. The summed E-state index contributed by atoms with van der Waals surface area (Å²) in [5, 5.41) is 22.7. The fraction of sp³-hybridized carbons (Fsp3) is 0.500. The van der Waals surface area contributed by atoms with Crippen LogP contribution in [0.4, 0.5) is 5.69 Å². The van der Waals surface area contributed by atoms with Crippen LogP contribution in [-0.2, 0) is 11.9 Å². The van der Waals surface area contributed by atoms with Crippen molar-refractivity contribution in [2.45, 2.75) is 85.8 Å². The van der Waals surface area contributed by atoms with Crippen molar-refractivity contribution >= 4 is 22.9 Å². The summed E-state index contributed by atoms with van der Waals surface area (Å²) in [6.07, 6.45) is 7.77. The lowest BCUT2D eigenvalue weighted by atomic mass is 9.86. The third kappa shape index (κ3) is 8.62. The lowest BCUT2D eigenvalue weighted by Crippen LogP contribution is -2.37. The van der Waals surface area contributed by atoms with Gasteiger partial charge in [0.1, 0.15) is 34.5 Å². The number of aromatic nitrogens is 3. The van der Waals surface area contributed by atoms with E-state index in [1.807, 2.05) is 71.7 Å². The van der Waals surface area contributed by atoms with Gasteiger partial charge in [-0.3, -0.25) is 9.78 Å². The Labute approximate surface area is 244 Å². The molecule has 4 rings (SSSR count). The van der Waals surface area contributed by atoms with E-state index in [0.717, 1.165) is 36.9 Å². The van der Waals surface area contributed by atoms with Gasteiger partial charge in [0.15, 0.2) is 0 Å². The minimum atomic E-state index is -0.326. The molecule has 0 unspecified atom stereocenters. The SMILES string of the molecule is CC.CC1CCC(N(C)c2c(C#N)c(=O)n(C)c3ccc(C#N)nc23)CC1.Cc1ncccc1/C=N\OC(C)(C)C. The molecule has 41 heavy (non-hydrogen) atoms. The van der Waals surface area contributed by atoms with Crippen LogP contribution in [0.15, 0.2) is 40.4 Å². The molecule has 0 spiro atoms. The molecule has 9 heteroatoms. The molecular formula is C32H43N7O2. The van der Waals surface area contributed by atoms with Crippen LogP contribution in [0.1, 0.15) is 89.7 Å². The van der Waals surface area contributed by atoms with E-state index >= 15 is 0 Å². The predicted octanol–water partition coefficient (Wildman–Crippen LogP) is 6.26. The Balaban J connectivity index is 0.000000312. The quantitative estimate of drug-likeness (QED) is 0.274. The summed E-state index contributed by atoms with van der Waals surface area (Å²) in [7, 11) is 3.56. The summed E-state index contributed by atoms with van der Waals surface area (Å²) in [5.74, 6) is 0.712. The fourth-order valence-corrected chi connectivity index (χ4v) is 4.59. The molecule has 0 N–H and O–H groups in total. The number of anilines is 1. The van der Waals surface area contributed by atoms with Gasteiger partial charge >= 0.3 is 0 Å². The van der Waals surface area contributed by atoms with Crippen molar-refractivity contribution < 1.29 is 4.84 Å². The first-order valence-electron chi connectivity index (χ1n) is 14.2. The normalized spacial score (nSPS) is 16.5. The first-order chi connectivity index (χ1) is 19.5. The minimum absolute atomic E-state index is 0.0960. The molecule has 0 aromatic carbocycles. The molecule has 1 aliphatic carbocycles. The maximum absolute atomic E-state index is 12.6. The van der Waals surface area contributed by atoms with Crippen molar-refractivity contribution in [2.24, 2.45) is 18.1 Å². The number of nitrogens with zero attached hydrogens (tertiary/aromatic N) is 7. The predicted molar refractivity (Wildman–Crippen MR) is 165 cm³/mol. The Morgan fingerprint density at radius 3 is 2.34 bits per heavy atom. The summed E-state index contributed by atoms with van der Waals surface area (Å²) in [6, 6.07) is 11.5. The van der Waals surface area contributed by atoms with Crippen molar-refractivity contribution in [1.82, 2.24) is 14.5 Å². The Bertz CT molecular complexity index is 1480. The second-order valence-corrected chi connectivity index (χ2v) is 11.0. The smallest absolute Gasteiger partial charge is 0.270 e. The second-order valence-electron chi connectivity index (χ2n) is 11.0. The molecule has 3 aromatic heterocycles. The van der Waals surface area contributed by atoms with E-state index < -0.39 is 0 Å². The van der Waals surface area contributed by atoms with Crippen LogP contribution >= 0.6 is 0 Å². The fourth-order valence-electron chi connectivity index (χ4n) is 4.59. The van der Waals surface area contributed by atoms with Gasteiger partial charge in [-0.1, -0.05) is 25.9 Å². The van der Waals surface area contributed by atoms with E-state index in [0.29, 0.717) is 22.6 Å². The number of pyridine rings is 3. The standard InChI is InChI=1S/C19H21N5O.C11H16N2O.C2H6/c1-12-4-7-14(8-5-12)23(2)18-15(11-21)19(25)24(3)16-9-6-13(10-20)22-17(16)18;1-9-10(6-5-7-12-9)8-13-14-11(2,3)4;1-2/h6,9,12,14H,4-5,7-8H2,1-3H3;5-8H,1-4H3;1-2H3/b;13-8-;. The number of hydrogen-bond donors (Lipinski definition) is 0. The van der Waals surface area contributed by atoms with E-state index in [9.17, 15) is 15.3 Å². The van der Waals surface area contributed by atoms with Crippen LogP contribution < -0.4 is 10.5 Å². The van der Waals surface area contributed by atoms with Gasteiger partial charge in [-0.25, -0.2) is 4.98 Å². The van der Waals surface area contributed by atoms with E-state index in [-0.39, 0.29) is 28.5 Å². The Hall–Kier alpha value is -4.24. The molecular weight excluding hydrogens is 514 g/mol. The van der Waals surface area contributed by atoms with Gasteiger partial charge < -0.3 is 14.3 Å². The molecule has 0 amide bonds. The molecule has 0 radical (unpaired) electrons. The minimum Gasteiger partial charge on any atom is -0.390 e. The van der Waals surface area contributed by atoms with E-state index in [1.165, 1.54) is 4.57 Å². The van der Waals surface area contributed by atoms with E-state index in [2.05, 4.69) is 28.1 Å². The third-order valence-corrected chi connectivity index (χ3v) is 6.89. The van der Waals surface area contributed by atoms with Crippen LogP contribution in [0, 0.1) is 35.5 Å². The average molecular weight is 558 g/mol. The van der Waals surface area contributed by atoms with Gasteiger partial charge in [-0.05, 0) is 83.6 Å². The summed E-state index contributed by atoms with van der Waals surface area (Å²) in [5.41, 5.74) is 3.47. The highest BCUT2D eigenvalue weighted by Gasteiger charge is 2.27. The summed E-state index contributed by atoms with van der Waals surface area (Å²) < 4.78 is 1.43. The number of rotatable bonds is 4. The first-order valence-corrected chi connectivity index (χ1v) is 14.2. The molecule has 218 valence electrons. The number of hydrogen-bond acceptors (Lipinski definition) is 8. The molecule has 3 aromatic rings. The lowest BCUT2D eigenvalue weighted by molar-refractivity contribution is 0.00198. The van der Waals surface area contributed by atoms with Crippen molar-refractivity contribution in [3.8, 4) is 12.1 Å². The Morgan fingerprint density at radius 1 is 1.12 bits per heavy atom. The van der Waals surface area contributed by atoms with Gasteiger partial charge in [0.25, 0.3) is 5.56 Å². The molecule has 0 atom stereocenters. The van der Waals surface area contributed by atoms with Gasteiger partial charge in [0.2, 0.25) is 0 Å². The topological polar surface area (TPSA) is 120 Å². The van der Waals surface area contributed by atoms with Gasteiger partial charge in [0.05, 0.1) is 17.4 Å². The first kappa shape index (κ1) is 33.0. The lowest BCUT2D eigenvalue weighted by Gasteiger charge is -2.35. The number of aryl methyl sites for hydroxylation is 2. The Kier molecular flexibility index (Phi) is 12.0. The highest BCUT2D eigenvalue weighted by molar-refractivity contribution is 5.92. The van der Waals surface area contributed by atoms with Crippen LogP contribution in [-0.4, -0.2) is 39.4 Å². The van der Waals surface area contributed by atoms with Crippen LogP contribution in [0.2, 0.25) is 0 Å². The molecule has 1 fully saturated rings. The van der Waals surface area contributed by atoms with Crippen LogP contribution in [0.25, 0.3) is 11.0 Å². The zero-order chi connectivity index (χ0) is 30.7. The maximum Gasteiger partial charge on any atom is 0.270 e. The maximum atomic E-state index is 12.6. The molecule has 1 aliphatic rings. The van der Waals surface area contributed by atoms with Gasteiger partial charge in [0, 0.05) is 37.6 Å². The van der Waals surface area contributed by atoms with E-state index in [1.54, 1.807) is 31.6 Å². The number of nitriles is 2. The largest absolute Gasteiger partial charge is 0.390 e. The third-order valence-electron chi connectivity index (χ3n) is 6.89. The van der Waals surface area contributed by atoms with Crippen molar-refractivity contribution in [2.75, 3.05) is 11.9 Å². The highest BCUT2D eigenvalue weighted by Crippen LogP contribution is 2.33. The zero-order valence-electron chi connectivity index (χ0n) is 25.9. The average Bonchev–Trinajstić information content (AvgIpc) is 2.96. The molecule has 0 bridgehead atoms. The van der Waals surface area contributed by atoms with Crippen molar-refractivity contribution in [3.63, 3.8) is 0 Å².